The van der Waals surface area contributed by atoms with Gasteiger partial charge in [0.2, 0.25) is 5.91 Å². The van der Waals surface area contributed by atoms with Gasteiger partial charge < -0.3 is 5.32 Å². The molecule has 1 aromatic heterocycles. The van der Waals surface area contributed by atoms with Crippen molar-refractivity contribution in [2.45, 2.75) is 38.2 Å². The Labute approximate surface area is 164 Å². The van der Waals surface area contributed by atoms with E-state index in [0.717, 1.165) is 46.3 Å². The Morgan fingerprint density at radius 1 is 1.15 bits per heavy atom. The summed E-state index contributed by atoms with van der Waals surface area (Å²) in [4.78, 5) is 12.6. The van der Waals surface area contributed by atoms with Crippen LogP contribution in [0.2, 0.25) is 0 Å². The number of nitrogens with zero attached hydrogens (tertiary/aromatic N) is 2. The van der Waals surface area contributed by atoms with Gasteiger partial charge in [0.25, 0.3) is 0 Å². The van der Waals surface area contributed by atoms with Gasteiger partial charge in [0.05, 0.1) is 11.4 Å². The van der Waals surface area contributed by atoms with E-state index >= 15 is 0 Å². The summed E-state index contributed by atoms with van der Waals surface area (Å²) in [7, 11) is 0. The molecule has 3 aromatic rings. The highest BCUT2D eigenvalue weighted by Crippen LogP contribution is 2.36. The molecular formula is C22H23N3OS. The van der Waals surface area contributed by atoms with Crippen molar-refractivity contribution in [2.24, 2.45) is 0 Å². The third kappa shape index (κ3) is 3.78. The normalized spacial score (nSPS) is 12.8. The number of thioether (sulfide) groups is 1. The largest absolute Gasteiger partial charge is 0.310 e. The average molecular weight is 378 g/mol. The first-order valence-corrected chi connectivity index (χ1v) is 10.4. The fourth-order valence-corrected chi connectivity index (χ4v) is 4.49. The number of hydrogen-bond donors (Lipinski definition) is 1. The molecule has 2 heterocycles. The highest BCUT2D eigenvalue weighted by Gasteiger charge is 2.25. The minimum Gasteiger partial charge on any atom is -0.310 e. The standard InChI is InChI=1S/C22H23N3OS/c1-15-8-10-20(16(2)12-15)25-22(18-13-27-14-19(18)24-25)23-21(26)11-9-17-6-4-3-5-7-17/h3-8,10,12H,9,11,13-14H2,1-2H3,(H,23,26). The lowest BCUT2D eigenvalue weighted by Gasteiger charge is -2.13. The summed E-state index contributed by atoms with van der Waals surface area (Å²) >= 11 is 1.84. The molecular weight excluding hydrogens is 354 g/mol. The van der Waals surface area contributed by atoms with Gasteiger partial charge in [-0.2, -0.15) is 16.9 Å². The maximum Gasteiger partial charge on any atom is 0.225 e. The van der Waals surface area contributed by atoms with Crippen LogP contribution >= 0.6 is 11.8 Å². The number of fused-ring (bicyclic) bond motifs is 1. The molecule has 138 valence electrons. The molecule has 1 aliphatic rings. The molecule has 0 saturated heterocycles. The topological polar surface area (TPSA) is 46.9 Å². The van der Waals surface area contributed by atoms with Crippen LogP contribution in [0.15, 0.2) is 48.5 Å². The summed E-state index contributed by atoms with van der Waals surface area (Å²) in [6.45, 7) is 4.17. The van der Waals surface area contributed by atoms with E-state index in [1.807, 2.05) is 34.6 Å². The molecule has 2 aromatic carbocycles. The number of amides is 1. The van der Waals surface area contributed by atoms with E-state index in [0.29, 0.717) is 6.42 Å². The first kappa shape index (κ1) is 17.9. The summed E-state index contributed by atoms with van der Waals surface area (Å²) < 4.78 is 1.92. The van der Waals surface area contributed by atoms with E-state index in [1.165, 1.54) is 11.1 Å². The Hall–Kier alpha value is -2.53. The number of aromatic nitrogens is 2. The number of rotatable bonds is 5. The Morgan fingerprint density at radius 2 is 1.96 bits per heavy atom. The molecule has 0 spiro atoms. The van der Waals surface area contributed by atoms with Crippen LogP contribution in [-0.2, 0) is 22.7 Å². The molecule has 0 atom stereocenters. The zero-order valence-electron chi connectivity index (χ0n) is 15.7. The molecule has 4 nitrogen and oxygen atoms in total. The lowest BCUT2D eigenvalue weighted by Crippen LogP contribution is -2.17. The zero-order chi connectivity index (χ0) is 18.8. The predicted molar refractivity (Wildman–Crippen MR) is 111 cm³/mol. The third-order valence-electron chi connectivity index (χ3n) is 4.87. The van der Waals surface area contributed by atoms with Crippen LogP contribution in [-0.4, -0.2) is 15.7 Å². The number of aryl methyl sites for hydroxylation is 3. The van der Waals surface area contributed by atoms with E-state index in [-0.39, 0.29) is 5.91 Å². The van der Waals surface area contributed by atoms with Gasteiger partial charge in [0.1, 0.15) is 5.82 Å². The van der Waals surface area contributed by atoms with E-state index in [9.17, 15) is 4.79 Å². The molecule has 0 bridgehead atoms. The molecule has 1 N–H and O–H groups in total. The number of carbonyl (C=O) groups excluding carboxylic acids is 1. The minimum atomic E-state index is 0.0319. The van der Waals surface area contributed by atoms with Crippen molar-refractivity contribution in [3.63, 3.8) is 0 Å². The fourth-order valence-electron chi connectivity index (χ4n) is 3.46. The second-order valence-electron chi connectivity index (χ2n) is 7.00. The number of nitrogens with one attached hydrogen (secondary N) is 1. The maximum absolute atomic E-state index is 12.6. The Morgan fingerprint density at radius 3 is 2.74 bits per heavy atom. The van der Waals surface area contributed by atoms with Gasteiger partial charge >= 0.3 is 0 Å². The fraction of sp³-hybridized carbons (Fsp3) is 0.273. The van der Waals surface area contributed by atoms with Crippen molar-refractivity contribution in [1.29, 1.82) is 0 Å². The SMILES string of the molecule is Cc1ccc(-n2nc3c(c2NC(=O)CCc2ccccc2)CSC3)c(C)c1. The Balaban J connectivity index is 1.59. The van der Waals surface area contributed by atoms with Crippen LogP contribution in [0.4, 0.5) is 5.82 Å². The Bertz CT molecular complexity index is 979. The summed E-state index contributed by atoms with van der Waals surface area (Å²) in [5, 5.41) is 7.95. The van der Waals surface area contributed by atoms with E-state index in [1.54, 1.807) is 0 Å². The molecule has 4 rings (SSSR count). The number of benzene rings is 2. The Kier molecular flexibility index (Phi) is 5.03. The lowest BCUT2D eigenvalue weighted by atomic mass is 10.1. The third-order valence-corrected chi connectivity index (χ3v) is 5.84. The molecule has 0 radical (unpaired) electrons. The van der Waals surface area contributed by atoms with E-state index < -0.39 is 0 Å². The number of anilines is 1. The van der Waals surface area contributed by atoms with Crippen molar-refractivity contribution < 1.29 is 4.79 Å². The lowest BCUT2D eigenvalue weighted by molar-refractivity contribution is -0.116. The predicted octanol–water partition coefficient (Wildman–Crippen LogP) is 4.81. The zero-order valence-corrected chi connectivity index (χ0v) is 16.5. The second-order valence-corrected chi connectivity index (χ2v) is 7.99. The van der Waals surface area contributed by atoms with Crippen molar-refractivity contribution in [3.05, 3.63) is 76.5 Å². The van der Waals surface area contributed by atoms with Crippen LogP contribution in [0, 0.1) is 13.8 Å². The van der Waals surface area contributed by atoms with Crippen LogP contribution in [0.3, 0.4) is 0 Å². The summed E-state index contributed by atoms with van der Waals surface area (Å²) in [6.07, 6.45) is 1.20. The molecule has 0 aliphatic carbocycles. The van der Waals surface area contributed by atoms with Crippen molar-refractivity contribution in [3.8, 4) is 5.69 Å². The molecule has 0 saturated carbocycles. The van der Waals surface area contributed by atoms with Crippen molar-refractivity contribution in [2.75, 3.05) is 5.32 Å². The minimum absolute atomic E-state index is 0.0319. The van der Waals surface area contributed by atoms with Gasteiger partial charge in [-0.05, 0) is 37.5 Å². The molecule has 1 amide bonds. The summed E-state index contributed by atoms with van der Waals surface area (Å²) in [5.74, 6) is 2.67. The van der Waals surface area contributed by atoms with E-state index in [2.05, 4.69) is 49.5 Å². The van der Waals surface area contributed by atoms with Crippen LogP contribution in [0.25, 0.3) is 5.69 Å². The number of hydrogen-bond acceptors (Lipinski definition) is 3. The molecule has 0 unspecified atom stereocenters. The van der Waals surface area contributed by atoms with Gasteiger partial charge in [-0.3, -0.25) is 4.79 Å². The van der Waals surface area contributed by atoms with Crippen molar-refractivity contribution >= 4 is 23.5 Å². The first-order valence-electron chi connectivity index (χ1n) is 9.22. The second kappa shape index (κ2) is 7.61. The highest BCUT2D eigenvalue weighted by atomic mass is 32.2. The van der Waals surface area contributed by atoms with Crippen LogP contribution < -0.4 is 5.32 Å². The van der Waals surface area contributed by atoms with Crippen LogP contribution in [0.5, 0.6) is 0 Å². The molecule has 0 fully saturated rings. The maximum atomic E-state index is 12.6. The van der Waals surface area contributed by atoms with Gasteiger partial charge in [0.15, 0.2) is 0 Å². The monoisotopic (exact) mass is 377 g/mol. The van der Waals surface area contributed by atoms with E-state index in [4.69, 9.17) is 5.10 Å². The first-order chi connectivity index (χ1) is 13.1. The molecule has 27 heavy (non-hydrogen) atoms. The van der Waals surface area contributed by atoms with Gasteiger partial charge in [-0.1, -0.05) is 48.0 Å². The molecule has 5 heteroatoms. The van der Waals surface area contributed by atoms with Crippen LogP contribution in [0.1, 0.15) is 34.4 Å². The summed E-state index contributed by atoms with van der Waals surface area (Å²) in [6, 6.07) is 16.4. The van der Waals surface area contributed by atoms with Gasteiger partial charge in [-0.25, -0.2) is 4.68 Å². The summed E-state index contributed by atoms with van der Waals surface area (Å²) in [5.41, 5.74) is 6.82. The highest BCUT2D eigenvalue weighted by molar-refractivity contribution is 7.98. The number of carbonyl (C=O) groups is 1. The van der Waals surface area contributed by atoms with Gasteiger partial charge in [0, 0.05) is 23.5 Å². The van der Waals surface area contributed by atoms with Crippen molar-refractivity contribution in [1.82, 2.24) is 9.78 Å². The smallest absolute Gasteiger partial charge is 0.225 e. The average Bonchev–Trinajstić information content (AvgIpc) is 3.24. The molecule has 1 aliphatic heterocycles. The quantitative estimate of drug-likeness (QED) is 0.694. The van der Waals surface area contributed by atoms with Gasteiger partial charge in [-0.15, -0.1) is 0 Å².